The molecule has 0 saturated heterocycles. The summed E-state index contributed by atoms with van der Waals surface area (Å²) in [6.45, 7) is 6.35. The monoisotopic (exact) mass is 283 g/mol. The molecule has 7 heteroatoms. The number of hydrogen-bond donors (Lipinski definition) is 3. The molecule has 0 bridgehead atoms. The molecule has 0 heterocycles. The first-order valence-corrected chi connectivity index (χ1v) is 6.37. The lowest BCUT2D eigenvalue weighted by atomic mass is 9.97. The van der Waals surface area contributed by atoms with Gasteiger partial charge in [-0.2, -0.15) is 5.26 Å². The Hall–Kier alpha value is -2.10. The number of nitriles is 1. The molecule has 3 N–H and O–H groups in total. The predicted molar refractivity (Wildman–Crippen MR) is 71.4 cm³/mol. The minimum atomic E-state index is -1.20. The lowest BCUT2D eigenvalue weighted by Gasteiger charge is -2.25. The van der Waals surface area contributed by atoms with Crippen molar-refractivity contribution in [1.29, 1.82) is 5.26 Å². The van der Waals surface area contributed by atoms with Crippen LogP contribution in [0.4, 0.5) is 0 Å². The van der Waals surface area contributed by atoms with Crippen molar-refractivity contribution in [3.8, 4) is 6.07 Å². The molecule has 0 spiro atoms. The van der Waals surface area contributed by atoms with E-state index in [2.05, 4.69) is 10.6 Å². The summed E-state index contributed by atoms with van der Waals surface area (Å²) in [5.74, 6) is -2.83. The van der Waals surface area contributed by atoms with Gasteiger partial charge in [0.2, 0.25) is 11.8 Å². The van der Waals surface area contributed by atoms with Crippen LogP contribution in [0.5, 0.6) is 0 Å². The second-order valence-corrected chi connectivity index (χ2v) is 5.09. The summed E-state index contributed by atoms with van der Waals surface area (Å²) in [5.41, 5.74) is 0. The Bertz CT molecular complexity index is 414. The first-order chi connectivity index (χ1) is 9.20. The number of nitrogens with zero attached hydrogens (tertiary/aromatic N) is 1. The largest absolute Gasteiger partial charge is 0.480 e. The number of carbonyl (C=O) groups excluding carboxylic acids is 2. The highest BCUT2D eigenvalue weighted by Crippen LogP contribution is 2.10. The fourth-order valence-electron chi connectivity index (χ4n) is 1.71. The number of rotatable bonds is 7. The topological polar surface area (TPSA) is 119 Å². The van der Waals surface area contributed by atoms with Crippen LogP contribution in [0.25, 0.3) is 0 Å². The zero-order valence-corrected chi connectivity index (χ0v) is 12.1. The Balaban J connectivity index is 4.93. The quantitative estimate of drug-likeness (QED) is 0.619. The van der Waals surface area contributed by atoms with Gasteiger partial charge >= 0.3 is 5.97 Å². The summed E-state index contributed by atoms with van der Waals surface area (Å²) in [6.07, 6.45) is 0.0176. The summed E-state index contributed by atoms with van der Waals surface area (Å²) < 4.78 is 0. The molecule has 0 unspecified atom stereocenters. The van der Waals surface area contributed by atoms with Gasteiger partial charge in [-0.05, 0) is 5.92 Å². The van der Waals surface area contributed by atoms with E-state index in [1.807, 2.05) is 6.07 Å². The Labute approximate surface area is 118 Å². The number of aliphatic carboxylic acids is 1. The lowest BCUT2D eigenvalue weighted by Crippen LogP contribution is -2.54. The van der Waals surface area contributed by atoms with Gasteiger partial charge < -0.3 is 15.7 Å². The average Bonchev–Trinajstić information content (AvgIpc) is 2.31. The van der Waals surface area contributed by atoms with E-state index in [-0.39, 0.29) is 18.2 Å². The highest BCUT2D eigenvalue weighted by atomic mass is 16.4. The third kappa shape index (κ3) is 5.69. The molecule has 0 aliphatic heterocycles. The zero-order valence-electron chi connectivity index (χ0n) is 12.1. The highest BCUT2D eigenvalue weighted by Gasteiger charge is 2.31. The summed E-state index contributed by atoms with van der Waals surface area (Å²) in [4.78, 5) is 34.3. The number of nitrogens with one attached hydrogen (secondary N) is 2. The maximum absolute atomic E-state index is 12.1. The molecule has 0 saturated carbocycles. The SMILES string of the molecule is CC(=O)N[C@@H](C(=O)N[C@@H](C(=O)O)[C@H](C)CC#N)C(C)C. The highest BCUT2D eigenvalue weighted by molar-refractivity contribution is 5.90. The Morgan fingerprint density at radius 1 is 1.15 bits per heavy atom. The molecule has 7 nitrogen and oxygen atoms in total. The van der Waals surface area contributed by atoms with Gasteiger partial charge in [-0.15, -0.1) is 0 Å². The predicted octanol–water partition coefficient (Wildman–Crippen LogP) is 0.266. The van der Waals surface area contributed by atoms with Crippen molar-refractivity contribution in [2.45, 2.75) is 46.2 Å². The lowest BCUT2D eigenvalue weighted by molar-refractivity contribution is -0.143. The van der Waals surface area contributed by atoms with Crippen LogP contribution in [-0.4, -0.2) is 35.0 Å². The summed E-state index contributed by atoms with van der Waals surface area (Å²) >= 11 is 0. The molecule has 3 atom stereocenters. The Morgan fingerprint density at radius 3 is 2.05 bits per heavy atom. The number of amides is 2. The molecule has 20 heavy (non-hydrogen) atoms. The van der Waals surface area contributed by atoms with E-state index in [0.717, 1.165) is 0 Å². The van der Waals surface area contributed by atoms with Crippen LogP contribution < -0.4 is 10.6 Å². The average molecular weight is 283 g/mol. The molecular formula is C13H21N3O4. The van der Waals surface area contributed by atoms with Gasteiger partial charge in [0.1, 0.15) is 12.1 Å². The van der Waals surface area contributed by atoms with Gasteiger partial charge in [0, 0.05) is 19.3 Å². The van der Waals surface area contributed by atoms with Gasteiger partial charge in [-0.25, -0.2) is 4.79 Å². The molecular weight excluding hydrogens is 262 g/mol. The van der Waals surface area contributed by atoms with Crippen molar-refractivity contribution in [3.05, 3.63) is 0 Å². The van der Waals surface area contributed by atoms with Crippen molar-refractivity contribution < 1.29 is 19.5 Å². The van der Waals surface area contributed by atoms with Crippen molar-refractivity contribution in [2.75, 3.05) is 0 Å². The summed E-state index contributed by atoms with van der Waals surface area (Å²) in [5, 5.41) is 22.6. The molecule has 0 aromatic rings. The van der Waals surface area contributed by atoms with Crippen LogP contribution >= 0.6 is 0 Å². The molecule has 0 aliphatic carbocycles. The standard InChI is InChI=1S/C13H21N3O4/c1-7(2)10(15-9(4)17)12(18)16-11(13(19)20)8(3)5-6-14/h7-8,10-11H,5H2,1-4H3,(H,15,17)(H,16,18)(H,19,20)/t8-,10-,11-/m1/s1. The van der Waals surface area contributed by atoms with E-state index >= 15 is 0 Å². The molecule has 0 rings (SSSR count). The number of carboxylic acids is 1. The van der Waals surface area contributed by atoms with Gasteiger partial charge in [0.25, 0.3) is 0 Å². The second-order valence-electron chi connectivity index (χ2n) is 5.09. The van der Waals surface area contributed by atoms with Crippen LogP contribution in [0.2, 0.25) is 0 Å². The van der Waals surface area contributed by atoms with Crippen molar-refractivity contribution in [3.63, 3.8) is 0 Å². The fourth-order valence-corrected chi connectivity index (χ4v) is 1.71. The van der Waals surface area contributed by atoms with Crippen molar-refractivity contribution in [2.24, 2.45) is 11.8 Å². The molecule has 0 aromatic heterocycles. The molecule has 0 radical (unpaired) electrons. The third-order valence-corrected chi connectivity index (χ3v) is 2.85. The molecule has 0 aliphatic rings. The van der Waals surface area contributed by atoms with Crippen LogP contribution in [0, 0.1) is 23.2 Å². The third-order valence-electron chi connectivity index (χ3n) is 2.85. The first kappa shape index (κ1) is 17.9. The van der Waals surface area contributed by atoms with Crippen molar-refractivity contribution >= 4 is 17.8 Å². The minimum Gasteiger partial charge on any atom is -0.480 e. The van der Waals surface area contributed by atoms with Crippen LogP contribution in [-0.2, 0) is 14.4 Å². The second kappa shape index (κ2) is 8.15. The zero-order chi connectivity index (χ0) is 15.9. The van der Waals surface area contributed by atoms with Crippen LogP contribution in [0.15, 0.2) is 0 Å². The first-order valence-electron chi connectivity index (χ1n) is 6.37. The van der Waals surface area contributed by atoms with E-state index in [4.69, 9.17) is 10.4 Å². The number of hydrogen-bond acceptors (Lipinski definition) is 4. The fraction of sp³-hybridized carbons (Fsp3) is 0.692. The van der Waals surface area contributed by atoms with Gasteiger partial charge in [-0.3, -0.25) is 9.59 Å². The molecule has 112 valence electrons. The molecule has 0 fully saturated rings. The van der Waals surface area contributed by atoms with Gasteiger partial charge in [0.15, 0.2) is 0 Å². The van der Waals surface area contributed by atoms with Gasteiger partial charge in [0.05, 0.1) is 6.07 Å². The Kier molecular flexibility index (Phi) is 7.29. The van der Waals surface area contributed by atoms with Crippen LogP contribution in [0.1, 0.15) is 34.1 Å². The summed E-state index contributed by atoms with van der Waals surface area (Å²) in [7, 11) is 0. The van der Waals surface area contributed by atoms with Crippen LogP contribution in [0.3, 0.4) is 0 Å². The van der Waals surface area contributed by atoms with Gasteiger partial charge in [-0.1, -0.05) is 20.8 Å². The summed E-state index contributed by atoms with van der Waals surface area (Å²) in [6, 6.07) is -0.0817. The Morgan fingerprint density at radius 2 is 1.70 bits per heavy atom. The van der Waals surface area contributed by atoms with E-state index in [9.17, 15) is 14.4 Å². The minimum absolute atomic E-state index is 0.0176. The normalized spacial score (nSPS) is 14.8. The number of carbonyl (C=O) groups is 3. The maximum Gasteiger partial charge on any atom is 0.326 e. The van der Waals surface area contributed by atoms with E-state index in [1.165, 1.54) is 6.92 Å². The number of carboxylic acid groups (broad SMARTS) is 1. The maximum atomic E-state index is 12.1. The van der Waals surface area contributed by atoms with E-state index in [0.29, 0.717) is 0 Å². The van der Waals surface area contributed by atoms with E-state index in [1.54, 1.807) is 20.8 Å². The van der Waals surface area contributed by atoms with Crippen molar-refractivity contribution in [1.82, 2.24) is 10.6 Å². The molecule has 0 aromatic carbocycles. The van der Waals surface area contributed by atoms with E-state index < -0.39 is 29.9 Å². The smallest absolute Gasteiger partial charge is 0.326 e. The molecule has 2 amide bonds.